The van der Waals surface area contributed by atoms with Gasteiger partial charge in [-0.2, -0.15) is 4.98 Å². The third-order valence-corrected chi connectivity index (χ3v) is 6.52. The van der Waals surface area contributed by atoms with Crippen molar-refractivity contribution in [3.8, 4) is 0 Å². The average molecular weight is 421 g/mol. The summed E-state index contributed by atoms with van der Waals surface area (Å²) in [6, 6.07) is 1.92. The summed E-state index contributed by atoms with van der Waals surface area (Å²) in [5.41, 5.74) is 2.61. The molecule has 1 saturated carbocycles. The molecule has 1 aliphatic heterocycles. The van der Waals surface area contributed by atoms with E-state index in [0.717, 1.165) is 53.9 Å². The number of aryl methyl sites for hydroxylation is 3. The summed E-state index contributed by atoms with van der Waals surface area (Å²) >= 11 is 0. The Morgan fingerprint density at radius 3 is 2.58 bits per heavy atom. The van der Waals surface area contributed by atoms with Crippen LogP contribution in [0.15, 0.2) is 16.7 Å². The van der Waals surface area contributed by atoms with Crippen molar-refractivity contribution in [1.29, 1.82) is 0 Å². The van der Waals surface area contributed by atoms with E-state index in [1.165, 1.54) is 0 Å². The van der Waals surface area contributed by atoms with E-state index in [4.69, 9.17) is 4.42 Å². The van der Waals surface area contributed by atoms with Crippen molar-refractivity contribution in [1.82, 2.24) is 24.8 Å². The molecule has 8 nitrogen and oxygen atoms in total. The highest BCUT2D eigenvalue weighted by Crippen LogP contribution is 2.39. The van der Waals surface area contributed by atoms with Crippen LogP contribution in [0.25, 0.3) is 11.1 Å². The van der Waals surface area contributed by atoms with Gasteiger partial charge in [0.05, 0.1) is 5.39 Å². The van der Waals surface area contributed by atoms with Gasteiger partial charge in [-0.05, 0) is 65.0 Å². The molecule has 0 bridgehead atoms. The van der Waals surface area contributed by atoms with Crippen LogP contribution in [0.4, 0.5) is 5.82 Å². The molecule has 162 valence electrons. The summed E-state index contributed by atoms with van der Waals surface area (Å²) in [5, 5.41) is 4.31. The maximum atomic E-state index is 13.2. The minimum atomic E-state index is -0.153. The second-order valence-electron chi connectivity index (χ2n) is 9.22. The van der Waals surface area contributed by atoms with E-state index in [9.17, 15) is 4.79 Å². The van der Waals surface area contributed by atoms with Gasteiger partial charge in [-0.3, -0.25) is 4.79 Å². The van der Waals surface area contributed by atoms with Gasteiger partial charge in [0, 0.05) is 36.4 Å². The number of fused-ring (bicyclic) bond motifs is 1. The van der Waals surface area contributed by atoms with Crippen LogP contribution in [-0.4, -0.2) is 49.4 Å². The number of furan rings is 1. The number of carbonyl (C=O) groups excluding carboxylic acids is 1. The minimum Gasteiger partial charge on any atom is -0.443 e. The molecule has 2 fully saturated rings. The molecule has 2 aliphatic rings. The Morgan fingerprint density at radius 2 is 1.90 bits per heavy atom. The van der Waals surface area contributed by atoms with Gasteiger partial charge >= 0.3 is 0 Å². The molecule has 0 radical (unpaired) electrons. The maximum absolute atomic E-state index is 13.2. The fourth-order valence-electron chi connectivity index (χ4n) is 4.06. The van der Waals surface area contributed by atoms with Gasteiger partial charge in [0.25, 0.3) is 5.91 Å². The largest absolute Gasteiger partial charge is 0.443 e. The number of carbonyl (C=O) groups is 1. The van der Waals surface area contributed by atoms with Gasteiger partial charge in [0.15, 0.2) is 0 Å². The third kappa shape index (κ3) is 3.86. The number of likely N-dealkylation sites (tertiary alicyclic amines) is 1. The van der Waals surface area contributed by atoms with E-state index >= 15 is 0 Å². The van der Waals surface area contributed by atoms with Crippen molar-refractivity contribution in [3.05, 3.63) is 40.9 Å². The SMILES string of the molecule is Cc1cc2c(NC3(C)CC3)nc(C(=O)N3CCC(c4ncc(C)c(C)n4)CC3)nc2o1. The fraction of sp³-hybridized carbons (Fsp3) is 0.522. The van der Waals surface area contributed by atoms with Crippen LogP contribution in [0, 0.1) is 20.8 Å². The molecule has 1 saturated heterocycles. The number of rotatable bonds is 4. The third-order valence-electron chi connectivity index (χ3n) is 6.52. The minimum absolute atomic E-state index is 0.0390. The van der Waals surface area contributed by atoms with Crippen molar-refractivity contribution in [3.63, 3.8) is 0 Å². The number of amides is 1. The van der Waals surface area contributed by atoms with E-state index in [1.807, 2.05) is 37.9 Å². The highest BCUT2D eigenvalue weighted by Gasteiger charge is 2.38. The first-order valence-corrected chi connectivity index (χ1v) is 11.0. The molecule has 0 unspecified atom stereocenters. The molecule has 0 aromatic carbocycles. The van der Waals surface area contributed by atoms with Gasteiger partial charge in [0.2, 0.25) is 11.5 Å². The number of piperidine rings is 1. The normalized spacial score (nSPS) is 18.4. The number of hydrogen-bond donors (Lipinski definition) is 1. The standard InChI is InChI=1S/C23H28N6O2/c1-13-12-24-18(25-15(13)3)16-5-9-29(10-6-16)22(30)20-26-19(28-23(4)7-8-23)17-11-14(2)31-21(17)27-20/h11-12,16H,5-10H2,1-4H3,(H,26,27,28). The summed E-state index contributed by atoms with van der Waals surface area (Å²) in [7, 11) is 0. The van der Waals surface area contributed by atoms with Crippen LogP contribution in [-0.2, 0) is 0 Å². The van der Waals surface area contributed by atoms with Gasteiger partial charge in [-0.15, -0.1) is 0 Å². The summed E-state index contributed by atoms with van der Waals surface area (Å²) in [6.45, 7) is 9.35. The lowest BCUT2D eigenvalue weighted by Gasteiger charge is -2.31. The van der Waals surface area contributed by atoms with Crippen LogP contribution in [0.3, 0.4) is 0 Å². The lowest BCUT2D eigenvalue weighted by atomic mass is 9.95. The van der Waals surface area contributed by atoms with Crippen LogP contribution in [0.1, 0.15) is 72.0 Å². The molecule has 3 aromatic heterocycles. The van der Waals surface area contributed by atoms with Crippen molar-refractivity contribution in [2.45, 2.75) is 64.8 Å². The van der Waals surface area contributed by atoms with Crippen molar-refractivity contribution in [2.24, 2.45) is 0 Å². The molecule has 0 spiro atoms. The van der Waals surface area contributed by atoms with Crippen LogP contribution >= 0.6 is 0 Å². The van der Waals surface area contributed by atoms with Gasteiger partial charge in [-0.25, -0.2) is 15.0 Å². The molecule has 1 N–H and O–H groups in total. The molecular formula is C23H28N6O2. The van der Waals surface area contributed by atoms with E-state index < -0.39 is 0 Å². The number of hydrogen-bond acceptors (Lipinski definition) is 7. The molecule has 8 heteroatoms. The van der Waals surface area contributed by atoms with E-state index in [0.29, 0.717) is 24.6 Å². The van der Waals surface area contributed by atoms with E-state index in [2.05, 4.69) is 32.2 Å². The summed E-state index contributed by atoms with van der Waals surface area (Å²) < 4.78 is 5.74. The Morgan fingerprint density at radius 1 is 1.16 bits per heavy atom. The summed E-state index contributed by atoms with van der Waals surface area (Å²) in [6.07, 6.45) is 5.73. The first kappa shape index (κ1) is 19.9. The molecule has 4 heterocycles. The summed E-state index contributed by atoms with van der Waals surface area (Å²) in [5.74, 6) is 2.62. The van der Waals surface area contributed by atoms with Gasteiger partial charge < -0.3 is 14.6 Å². The zero-order valence-corrected chi connectivity index (χ0v) is 18.5. The van der Waals surface area contributed by atoms with Crippen LogP contribution < -0.4 is 5.32 Å². The number of nitrogens with one attached hydrogen (secondary N) is 1. The predicted octanol–water partition coefficient (Wildman–Crippen LogP) is 3.92. The Hall–Kier alpha value is -3.03. The Bertz CT molecular complexity index is 1160. The Labute approximate surface area is 181 Å². The summed E-state index contributed by atoms with van der Waals surface area (Å²) in [4.78, 5) is 33.3. The molecule has 31 heavy (non-hydrogen) atoms. The Balaban J connectivity index is 1.35. The van der Waals surface area contributed by atoms with Crippen molar-refractivity contribution < 1.29 is 9.21 Å². The second-order valence-corrected chi connectivity index (χ2v) is 9.22. The lowest BCUT2D eigenvalue weighted by Crippen LogP contribution is -2.39. The number of nitrogens with zero attached hydrogens (tertiary/aromatic N) is 5. The topological polar surface area (TPSA) is 97.0 Å². The van der Waals surface area contributed by atoms with Gasteiger partial charge in [0.1, 0.15) is 17.4 Å². The number of aromatic nitrogens is 4. The second kappa shape index (κ2) is 7.28. The first-order valence-electron chi connectivity index (χ1n) is 11.0. The van der Waals surface area contributed by atoms with Crippen molar-refractivity contribution in [2.75, 3.05) is 18.4 Å². The lowest BCUT2D eigenvalue weighted by molar-refractivity contribution is 0.0698. The molecule has 5 rings (SSSR count). The van der Waals surface area contributed by atoms with E-state index in [1.54, 1.807) is 0 Å². The maximum Gasteiger partial charge on any atom is 0.291 e. The monoisotopic (exact) mass is 420 g/mol. The average Bonchev–Trinajstić information content (AvgIpc) is 3.35. The smallest absolute Gasteiger partial charge is 0.291 e. The first-order chi connectivity index (χ1) is 14.8. The highest BCUT2D eigenvalue weighted by atomic mass is 16.3. The predicted molar refractivity (Wildman–Crippen MR) is 117 cm³/mol. The molecular weight excluding hydrogens is 392 g/mol. The zero-order valence-electron chi connectivity index (χ0n) is 18.5. The van der Waals surface area contributed by atoms with Crippen LogP contribution in [0.5, 0.6) is 0 Å². The molecule has 3 aromatic rings. The van der Waals surface area contributed by atoms with Crippen molar-refractivity contribution >= 4 is 22.8 Å². The molecule has 1 amide bonds. The van der Waals surface area contributed by atoms with E-state index in [-0.39, 0.29) is 23.2 Å². The fourth-order valence-corrected chi connectivity index (χ4v) is 4.06. The Kier molecular flexibility index (Phi) is 4.68. The molecule has 1 aliphatic carbocycles. The van der Waals surface area contributed by atoms with Crippen LogP contribution in [0.2, 0.25) is 0 Å². The number of anilines is 1. The molecule has 0 atom stereocenters. The highest BCUT2D eigenvalue weighted by molar-refractivity contribution is 5.95. The van der Waals surface area contributed by atoms with Gasteiger partial charge in [-0.1, -0.05) is 0 Å². The zero-order chi connectivity index (χ0) is 21.8. The quantitative estimate of drug-likeness (QED) is 0.683.